The molecule has 4 aliphatic carbocycles. The second kappa shape index (κ2) is 5.54. The van der Waals surface area contributed by atoms with Crippen LogP contribution >= 0.6 is 0 Å². The summed E-state index contributed by atoms with van der Waals surface area (Å²) in [6.45, 7) is 6.97. The summed E-state index contributed by atoms with van der Waals surface area (Å²) in [6.07, 6.45) is 10.0. The fourth-order valence-electron chi connectivity index (χ4n) is 6.79. The van der Waals surface area contributed by atoms with Crippen LogP contribution in [0.15, 0.2) is 12.3 Å². The third-order valence-electron chi connectivity index (χ3n) is 7.24. The molecule has 0 saturated heterocycles. The van der Waals surface area contributed by atoms with Crippen LogP contribution < -0.4 is 0 Å². The molecule has 0 radical (unpaired) electrons. The van der Waals surface area contributed by atoms with Gasteiger partial charge in [0.05, 0.1) is 5.69 Å². The summed E-state index contributed by atoms with van der Waals surface area (Å²) in [6, 6.07) is 1.80. The van der Waals surface area contributed by atoms with Gasteiger partial charge in [-0.2, -0.15) is 14.9 Å². The molecule has 0 unspecified atom stereocenters. The molecule has 4 bridgehead atoms. The van der Waals surface area contributed by atoms with Crippen LogP contribution in [0.25, 0.3) is 0 Å². The normalized spacial score (nSPS) is 32.3. The Balaban J connectivity index is 1.54. The zero-order valence-electron chi connectivity index (χ0n) is 16.0. The first kappa shape index (κ1) is 16.3. The number of carbonyl (C=O) groups is 1. The highest BCUT2D eigenvalue weighted by Crippen LogP contribution is 2.61. The molecule has 0 aromatic carbocycles. The minimum absolute atomic E-state index is 0.103. The lowest BCUT2D eigenvalue weighted by molar-refractivity contribution is -0.00576. The molecule has 2 heterocycles. The quantitative estimate of drug-likeness (QED) is 0.842. The highest BCUT2D eigenvalue weighted by atomic mass is 16.2. The maximum absolute atomic E-state index is 13.0. The molecule has 4 saturated carbocycles. The molecule has 138 valence electrons. The summed E-state index contributed by atoms with van der Waals surface area (Å²) in [5, 5.41) is 9.08. The number of rotatable bonds is 3. The minimum atomic E-state index is -0.103. The number of hydrogen-bond donors (Lipinski definition) is 0. The van der Waals surface area contributed by atoms with Crippen molar-refractivity contribution in [2.75, 3.05) is 0 Å². The van der Waals surface area contributed by atoms with Crippen LogP contribution in [0, 0.1) is 31.6 Å². The predicted octanol–water partition coefficient (Wildman–Crippen LogP) is 3.87. The molecule has 6 rings (SSSR count). The third-order valence-corrected chi connectivity index (χ3v) is 7.24. The smallest absolute Gasteiger partial charge is 0.272 e. The summed E-state index contributed by atoms with van der Waals surface area (Å²) >= 11 is 0. The van der Waals surface area contributed by atoms with Crippen molar-refractivity contribution in [1.82, 2.24) is 19.6 Å². The summed E-state index contributed by atoms with van der Waals surface area (Å²) in [5.41, 5.74) is 4.21. The van der Waals surface area contributed by atoms with Gasteiger partial charge in [0.1, 0.15) is 0 Å². The highest BCUT2D eigenvalue weighted by Gasteiger charge is 2.53. The van der Waals surface area contributed by atoms with Gasteiger partial charge in [0.25, 0.3) is 5.91 Å². The van der Waals surface area contributed by atoms with E-state index in [1.165, 1.54) is 44.1 Å². The van der Waals surface area contributed by atoms with E-state index in [-0.39, 0.29) is 11.3 Å². The van der Waals surface area contributed by atoms with E-state index in [9.17, 15) is 4.79 Å². The highest BCUT2D eigenvalue weighted by molar-refractivity contribution is 5.94. The Morgan fingerprint density at radius 1 is 1.12 bits per heavy atom. The molecule has 0 N–H and O–H groups in total. The molecule has 5 nitrogen and oxygen atoms in total. The average molecular weight is 352 g/mol. The molecule has 4 fully saturated rings. The van der Waals surface area contributed by atoms with Gasteiger partial charge in [-0.1, -0.05) is 0 Å². The predicted molar refractivity (Wildman–Crippen MR) is 99.2 cm³/mol. The topological polar surface area (TPSA) is 52.7 Å². The van der Waals surface area contributed by atoms with Crippen LogP contribution in [-0.4, -0.2) is 25.5 Å². The van der Waals surface area contributed by atoms with Gasteiger partial charge >= 0.3 is 0 Å². The Morgan fingerprint density at radius 2 is 1.73 bits per heavy atom. The van der Waals surface area contributed by atoms with Gasteiger partial charge in [-0.25, -0.2) is 0 Å². The van der Waals surface area contributed by atoms with Gasteiger partial charge in [-0.3, -0.25) is 9.48 Å². The Morgan fingerprint density at radius 3 is 2.27 bits per heavy atom. The molecule has 0 atom stereocenters. The van der Waals surface area contributed by atoms with Crippen molar-refractivity contribution >= 4 is 5.91 Å². The summed E-state index contributed by atoms with van der Waals surface area (Å²) in [4.78, 5) is 13.0. The maximum atomic E-state index is 13.0. The first-order valence-corrected chi connectivity index (χ1v) is 10.1. The Hall–Kier alpha value is -1.91. The fraction of sp³-hybridized carbons (Fsp3) is 0.667. The molecule has 4 aliphatic rings. The fourth-order valence-corrected chi connectivity index (χ4v) is 6.79. The third kappa shape index (κ3) is 2.25. The molecular weight excluding hydrogens is 324 g/mol. The van der Waals surface area contributed by atoms with E-state index in [2.05, 4.69) is 18.9 Å². The Labute approximate surface area is 154 Å². The largest absolute Gasteiger partial charge is 0.298 e. The van der Waals surface area contributed by atoms with E-state index in [0.717, 1.165) is 35.7 Å². The second-order valence-corrected chi connectivity index (χ2v) is 9.02. The van der Waals surface area contributed by atoms with Crippen LogP contribution in [0.1, 0.15) is 72.9 Å². The molecule has 0 aliphatic heterocycles. The van der Waals surface area contributed by atoms with E-state index in [1.807, 2.05) is 13.1 Å². The van der Waals surface area contributed by atoms with Gasteiger partial charge in [0.15, 0.2) is 5.69 Å². The van der Waals surface area contributed by atoms with Crippen molar-refractivity contribution in [3.8, 4) is 0 Å². The summed E-state index contributed by atoms with van der Waals surface area (Å²) < 4.78 is 3.41. The van der Waals surface area contributed by atoms with E-state index in [1.54, 1.807) is 15.4 Å². The van der Waals surface area contributed by atoms with Crippen LogP contribution in [-0.2, 0) is 12.0 Å². The van der Waals surface area contributed by atoms with Crippen LogP contribution in [0.4, 0.5) is 0 Å². The molecule has 5 heteroatoms. The van der Waals surface area contributed by atoms with E-state index in [0.29, 0.717) is 5.69 Å². The molecule has 0 amide bonds. The van der Waals surface area contributed by atoms with Crippen molar-refractivity contribution in [3.05, 3.63) is 34.9 Å². The lowest BCUT2D eigenvalue weighted by atomic mass is 9.48. The van der Waals surface area contributed by atoms with Crippen LogP contribution in [0.5, 0.6) is 0 Å². The molecule has 2 aromatic rings. The summed E-state index contributed by atoms with van der Waals surface area (Å²) in [5.74, 6) is 2.56. The number of nitrogens with zero attached hydrogens (tertiary/aromatic N) is 4. The van der Waals surface area contributed by atoms with Crippen molar-refractivity contribution in [2.45, 2.75) is 71.3 Å². The molecule has 26 heavy (non-hydrogen) atoms. The first-order valence-electron chi connectivity index (χ1n) is 10.1. The zero-order chi connectivity index (χ0) is 18.1. The second-order valence-electron chi connectivity index (χ2n) is 9.02. The molecule has 2 aromatic heterocycles. The monoisotopic (exact) mass is 352 g/mol. The first-order chi connectivity index (χ1) is 12.5. The Kier molecular flexibility index (Phi) is 3.47. The van der Waals surface area contributed by atoms with Crippen LogP contribution in [0.2, 0.25) is 0 Å². The average Bonchev–Trinajstić information content (AvgIpc) is 3.17. The van der Waals surface area contributed by atoms with Crippen LogP contribution in [0.3, 0.4) is 0 Å². The van der Waals surface area contributed by atoms with Gasteiger partial charge < -0.3 is 0 Å². The number of aryl methyl sites for hydroxylation is 2. The van der Waals surface area contributed by atoms with Gasteiger partial charge in [0, 0.05) is 24.0 Å². The van der Waals surface area contributed by atoms with E-state index < -0.39 is 0 Å². The molecule has 0 spiro atoms. The number of hydrogen-bond acceptors (Lipinski definition) is 3. The lowest BCUT2D eigenvalue weighted by Gasteiger charge is -2.57. The molecular formula is C21H28N4O. The SMILES string of the molecule is CCn1ccc(C(=O)n2nc(C)c(C34CC5CC(CC(C5)C3)C4)c2C)n1. The zero-order valence-corrected chi connectivity index (χ0v) is 16.0. The Bertz CT molecular complexity index is 839. The van der Waals surface area contributed by atoms with Crippen molar-refractivity contribution in [1.29, 1.82) is 0 Å². The van der Waals surface area contributed by atoms with Crippen molar-refractivity contribution < 1.29 is 4.79 Å². The number of carbonyl (C=O) groups excluding carboxylic acids is 1. The van der Waals surface area contributed by atoms with E-state index in [4.69, 9.17) is 5.10 Å². The standard InChI is InChI=1S/C21H28N4O/c1-4-24-6-5-18(23-24)20(26)25-14(3)19(13(2)22-25)21-10-15-7-16(11-21)9-17(8-15)12-21/h5-6,15-17H,4,7-12H2,1-3H3. The van der Waals surface area contributed by atoms with Crippen molar-refractivity contribution in [3.63, 3.8) is 0 Å². The van der Waals surface area contributed by atoms with Crippen molar-refractivity contribution in [2.24, 2.45) is 17.8 Å². The number of aromatic nitrogens is 4. The van der Waals surface area contributed by atoms with Gasteiger partial charge in [-0.15, -0.1) is 0 Å². The lowest BCUT2D eigenvalue weighted by Crippen LogP contribution is -2.49. The summed E-state index contributed by atoms with van der Waals surface area (Å²) in [7, 11) is 0. The van der Waals surface area contributed by atoms with Gasteiger partial charge in [0.2, 0.25) is 0 Å². The van der Waals surface area contributed by atoms with E-state index >= 15 is 0 Å². The van der Waals surface area contributed by atoms with Gasteiger partial charge in [-0.05, 0) is 88.5 Å². The maximum Gasteiger partial charge on any atom is 0.298 e. The minimum Gasteiger partial charge on any atom is -0.272 e.